The van der Waals surface area contributed by atoms with Gasteiger partial charge in [-0.2, -0.15) is 0 Å². The summed E-state index contributed by atoms with van der Waals surface area (Å²) in [5.74, 6) is 1.79. The number of guanidine groups is 1. The van der Waals surface area contributed by atoms with Gasteiger partial charge in [-0.15, -0.1) is 0 Å². The smallest absolute Gasteiger partial charge is 0.191 e. The molecule has 1 saturated heterocycles. The zero-order valence-electron chi connectivity index (χ0n) is 15.3. The highest BCUT2D eigenvalue weighted by molar-refractivity contribution is 6.30. The lowest BCUT2D eigenvalue weighted by molar-refractivity contribution is 0.241. The molecule has 0 aromatic heterocycles. The standard InChI is InChI=1S/C18H29ClN4O2/c1-4-20-18(21-10-13(2)12-24)22-15-7-8-23(11-15)16-9-14(19)5-6-17(16)25-3/h5-6,9,13,15,24H,4,7-8,10-12H2,1-3H3,(H2,20,21,22). The van der Waals surface area contributed by atoms with Gasteiger partial charge in [0.25, 0.3) is 0 Å². The molecule has 1 heterocycles. The first-order valence-corrected chi connectivity index (χ1v) is 9.19. The number of nitrogens with zero attached hydrogens (tertiary/aromatic N) is 2. The van der Waals surface area contributed by atoms with Crippen LogP contribution in [0.2, 0.25) is 5.02 Å². The first-order chi connectivity index (χ1) is 12.1. The van der Waals surface area contributed by atoms with Crippen LogP contribution in [0.5, 0.6) is 5.75 Å². The zero-order valence-corrected chi connectivity index (χ0v) is 16.0. The summed E-state index contributed by atoms with van der Waals surface area (Å²) in [6, 6.07) is 5.99. The molecule has 0 bridgehead atoms. The molecule has 6 nitrogen and oxygen atoms in total. The molecule has 2 rings (SSSR count). The maximum absolute atomic E-state index is 9.15. The average molecular weight is 369 g/mol. The van der Waals surface area contributed by atoms with Crippen molar-refractivity contribution in [3.05, 3.63) is 23.2 Å². The minimum absolute atomic E-state index is 0.147. The van der Waals surface area contributed by atoms with Gasteiger partial charge in [-0.25, -0.2) is 0 Å². The number of nitrogens with one attached hydrogen (secondary N) is 2. The summed E-state index contributed by atoms with van der Waals surface area (Å²) in [6.45, 7) is 7.37. The van der Waals surface area contributed by atoms with E-state index in [-0.39, 0.29) is 12.5 Å². The number of rotatable bonds is 7. The van der Waals surface area contributed by atoms with Crippen molar-refractivity contribution in [1.29, 1.82) is 0 Å². The van der Waals surface area contributed by atoms with E-state index in [9.17, 15) is 0 Å². The summed E-state index contributed by atoms with van der Waals surface area (Å²) < 4.78 is 5.46. The summed E-state index contributed by atoms with van der Waals surface area (Å²) in [6.07, 6.45) is 1.01. The third kappa shape index (κ3) is 5.68. The van der Waals surface area contributed by atoms with Gasteiger partial charge in [-0.05, 0) is 37.5 Å². The molecule has 25 heavy (non-hydrogen) atoms. The second kappa shape index (κ2) is 9.73. The Morgan fingerprint density at radius 2 is 2.32 bits per heavy atom. The lowest BCUT2D eigenvalue weighted by Crippen LogP contribution is -2.44. The van der Waals surface area contributed by atoms with Gasteiger partial charge in [0, 0.05) is 43.9 Å². The van der Waals surface area contributed by atoms with Crippen molar-refractivity contribution < 1.29 is 9.84 Å². The van der Waals surface area contributed by atoms with E-state index in [0.717, 1.165) is 43.5 Å². The first kappa shape index (κ1) is 19.7. The predicted octanol–water partition coefficient (Wildman–Crippen LogP) is 2.11. The maximum Gasteiger partial charge on any atom is 0.191 e. The average Bonchev–Trinajstić information content (AvgIpc) is 3.07. The van der Waals surface area contributed by atoms with E-state index in [1.165, 1.54) is 0 Å². The second-order valence-corrected chi connectivity index (χ2v) is 6.84. The van der Waals surface area contributed by atoms with E-state index in [1.807, 2.05) is 32.0 Å². The number of aliphatic hydroxyl groups is 1. The Hall–Kier alpha value is -1.66. The molecule has 3 N–H and O–H groups in total. The fourth-order valence-electron chi connectivity index (χ4n) is 2.83. The summed E-state index contributed by atoms with van der Waals surface area (Å²) in [5.41, 5.74) is 1.02. The van der Waals surface area contributed by atoms with Crippen LogP contribution in [0.25, 0.3) is 0 Å². The molecule has 0 radical (unpaired) electrons. The number of anilines is 1. The van der Waals surface area contributed by atoms with Crippen molar-refractivity contribution in [1.82, 2.24) is 10.6 Å². The highest BCUT2D eigenvalue weighted by Crippen LogP contribution is 2.33. The van der Waals surface area contributed by atoms with Crippen LogP contribution >= 0.6 is 11.6 Å². The first-order valence-electron chi connectivity index (χ1n) is 8.81. The molecule has 0 saturated carbocycles. The molecule has 2 atom stereocenters. The third-order valence-corrected chi connectivity index (χ3v) is 4.46. The largest absolute Gasteiger partial charge is 0.495 e. The van der Waals surface area contributed by atoms with Crippen molar-refractivity contribution >= 4 is 23.2 Å². The van der Waals surface area contributed by atoms with Crippen LogP contribution in [0.1, 0.15) is 20.3 Å². The van der Waals surface area contributed by atoms with Gasteiger partial charge >= 0.3 is 0 Å². The minimum atomic E-state index is 0.147. The van der Waals surface area contributed by atoms with Crippen molar-refractivity contribution in [3.63, 3.8) is 0 Å². The van der Waals surface area contributed by atoms with E-state index in [2.05, 4.69) is 20.5 Å². The lowest BCUT2D eigenvalue weighted by Gasteiger charge is -2.22. The molecule has 1 aromatic rings. The lowest BCUT2D eigenvalue weighted by atomic mass is 10.2. The van der Waals surface area contributed by atoms with Crippen LogP contribution in [0.3, 0.4) is 0 Å². The van der Waals surface area contributed by atoms with E-state index in [1.54, 1.807) is 7.11 Å². The molecular weight excluding hydrogens is 340 g/mol. The maximum atomic E-state index is 9.15. The summed E-state index contributed by atoms with van der Waals surface area (Å²) in [5, 5.41) is 16.6. The quantitative estimate of drug-likeness (QED) is 0.508. The summed E-state index contributed by atoms with van der Waals surface area (Å²) in [4.78, 5) is 6.84. The van der Waals surface area contributed by atoms with Crippen LogP contribution in [0.4, 0.5) is 5.69 Å². The van der Waals surface area contributed by atoms with Gasteiger partial charge in [0.1, 0.15) is 5.75 Å². The number of hydrogen-bond donors (Lipinski definition) is 3. The number of benzene rings is 1. The topological polar surface area (TPSA) is 69.1 Å². The van der Waals surface area contributed by atoms with E-state index < -0.39 is 0 Å². The van der Waals surface area contributed by atoms with Crippen LogP contribution in [0, 0.1) is 5.92 Å². The van der Waals surface area contributed by atoms with E-state index >= 15 is 0 Å². The Morgan fingerprint density at radius 3 is 3.00 bits per heavy atom. The Morgan fingerprint density at radius 1 is 1.52 bits per heavy atom. The van der Waals surface area contributed by atoms with Gasteiger partial charge < -0.3 is 25.4 Å². The van der Waals surface area contributed by atoms with Gasteiger partial charge in [0.15, 0.2) is 5.96 Å². The number of hydrogen-bond acceptors (Lipinski definition) is 4. The molecule has 1 aromatic carbocycles. The van der Waals surface area contributed by atoms with Crippen LogP contribution in [-0.4, -0.2) is 57.0 Å². The molecule has 0 aliphatic carbocycles. The Labute approximate surface area is 155 Å². The number of halogens is 1. The fourth-order valence-corrected chi connectivity index (χ4v) is 2.99. The molecule has 1 aliphatic rings. The Balaban J connectivity index is 2.00. The highest BCUT2D eigenvalue weighted by atomic mass is 35.5. The number of ether oxygens (including phenoxy) is 1. The molecule has 1 fully saturated rings. The molecule has 0 amide bonds. The van der Waals surface area contributed by atoms with Crippen molar-refractivity contribution in [3.8, 4) is 5.75 Å². The molecule has 0 spiro atoms. The number of aliphatic imine (C=N–C) groups is 1. The predicted molar refractivity (Wildman–Crippen MR) is 104 cm³/mol. The van der Waals surface area contributed by atoms with Crippen molar-refractivity contribution in [2.24, 2.45) is 10.9 Å². The summed E-state index contributed by atoms with van der Waals surface area (Å²) in [7, 11) is 1.68. The monoisotopic (exact) mass is 368 g/mol. The summed E-state index contributed by atoms with van der Waals surface area (Å²) >= 11 is 6.15. The number of methoxy groups -OCH3 is 1. The zero-order chi connectivity index (χ0) is 18.2. The molecule has 1 aliphatic heterocycles. The minimum Gasteiger partial charge on any atom is -0.495 e. The Bertz CT molecular complexity index is 582. The van der Waals surface area contributed by atoms with Gasteiger partial charge in [0.05, 0.1) is 12.8 Å². The number of aliphatic hydroxyl groups excluding tert-OH is 1. The molecule has 2 unspecified atom stereocenters. The molecule has 7 heteroatoms. The van der Waals surface area contributed by atoms with Gasteiger partial charge in [0.2, 0.25) is 0 Å². The van der Waals surface area contributed by atoms with E-state index in [4.69, 9.17) is 21.4 Å². The third-order valence-electron chi connectivity index (χ3n) is 4.23. The van der Waals surface area contributed by atoms with Gasteiger partial charge in [-0.1, -0.05) is 18.5 Å². The van der Waals surface area contributed by atoms with Gasteiger partial charge in [-0.3, -0.25) is 4.99 Å². The van der Waals surface area contributed by atoms with Crippen LogP contribution in [0.15, 0.2) is 23.2 Å². The normalized spacial score (nSPS) is 19.0. The van der Waals surface area contributed by atoms with Crippen LogP contribution < -0.4 is 20.3 Å². The molecular formula is C18H29ClN4O2. The van der Waals surface area contributed by atoms with E-state index in [0.29, 0.717) is 17.6 Å². The Kier molecular flexibility index (Phi) is 7.65. The molecule has 140 valence electrons. The SMILES string of the molecule is CCNC(=NCC(C)CO)NC1CCN(c2cc(Cl)ccc2OC)C1. The second-order valence-electron chi connectivity index (χ2n) is 6.40. The van der Waals surface area contributed by atoms with Crippen molar-refractivity contribution in [2.75, 3.05) is 44.8 Å². The fraction of sp³-hybridized carbons (Fsp3) is 0.611. The van der Waals surface area contributed by atoms with Crippen LogP contribution in [-0.2, 0) is 0 Å². The van der Waals surface area contributed by atoms with Crippen molar-refractivity contribution in [2.45, 2.75) is 26.3 Å². The highest BCUT2D eigenvalue weighted by Gasteiger charge is 2.25.